The molecule has 0 spiro atoms. The van der Waals surface area contributed by atoms with Gasteiger partial charge in [-0.15, -0.1) is 0 Å². The summed E-state index contributed by atoms with van der Waals surface area (Å²) in [6.45, 7) is 10.5. The van der Waals surface area contributed by atoms with Gasteiger partial charge in [-0.25, -0.2) is 0 Å². The van der Waals surface area contributed by atoms with Crippen molar-refractivity contribution in [1.29, 1.82) is 0 Å². The van der Waals surface area contributed by atoms with E-state index in [2.05, 4.69) is 31.9 Å². The standard InChI is InChI=1S/C14H20OSi/c1-5-12(11-16(2,3)4)14(15)13-9-7-6-8-10-13/h5-11,14-15H,1H2,2-4H3/b12-11+. The molecule has 0 radical (unpaired) electrons. The Morgan fingerprint density at radius 1 is 1.25 bits per heavy atom. The first-order valence-electron chi connectivity index (χ1n) is 5.52. The van der Waals surface area contributed by atoms with Crippen molar-refractivity contribution in [3.05, 3.63) is 59.8 Å². The molecule has 1 nitrogen and oxygen atoms in total. The van der Waals surface area contributed by atoms with Gasteiger partial charge in [-0.05, 0) is 11.1 Å². The van der Waals surface area contributed by atoms with Crippen molar-refractivity contribution in [1.82, 2.24) is 0 Å². The van der Waals surface area contributed by atoms with E-state index in [4.69, 9.17) is 0 Å². The highest BCUT2D eigenvalue weighted by molar-refractivity contribution is 6.81. The summed E-state index contributed by atoms with van der Waals surface area (Å²) in [5.74, 6) is 0. The smallest absolute Gasteiger partial charge is 0.103 e. The van der Waals surface area contributed by atoms with E-state index in [0.29, 0.717) is 0 Å². The highest BCUT2D eigenvalue weighted by atomic mass is 28.3. The highest BCUT2D eigenvalue weighted by Crippen LogP contribution is 2.23. The third kappa shape index (κ3) is 3.80. The zero-order valence-electron chi connectivity index (χ0n) is 10.3. The third-order valence-corrected chi connectivity index (χ3v) is 3.47. The molecule has 0 amide bonds. The van der Waals surface area contributed by atoms with E-state index in [9.17, 15) is 5.11 Å². The first-order chi connectivity index (χ1) is 7.44. The number of rotatable bonds is 4. The molecule has 1 rings (SSSR count). The van der Waals surface area contributed by atoms with Gasteiger partial charge in [0.2, 0.25) is 0 Å². The van der Waals surface area contributed by atoms with Crippen LogP contribution in [0.4, 0.5) is 0 Å². The lowest BCUT2D eigenvalue weighted by molar-refractivity contribution is 0.220. The van der Waals surface area contributed by atoms with Crippen molar-refractivity contribution in [2.24, 2.45) is 0 Å². The van der Waals surface area contributed by atoms with Crippen molar-refractivity contribution >= 4 is 8.07 Å². The maximum Gasteiger partial charge on any atom is 0.103 e. The van der Waals surface area contributed by atoms with Crippen LogP contribution in [0.2, 0.25) is 19.6 Å². The molecule has 0 saturated heterocycles. The van der Waals surface area contributed by atoms with Gasteiger partial charge < -0.3 is 5.11 Å². The second-order valence-electron chi connectivity index (χ2n) is 5.03. The Morgan fingerprint density at radius 2 is 1.81 bits per heavy atom. The molecule has 1 unspecified atom stereocenters. The fourth-order valence-corrected chi connectivity index (χ4v) is 2.85. The predicted molar refractivity (Wildman–Crippen MR) is 73.0 cm³/mol. The van der Waals surface area contributed by atoms with Crippen LogP contribution in [-0.4, -0.2) is 13.2 Å². The summed E-state index contributed by atoms with van der Waals surface area (Å²) in [6, 6.07) is 9.70. The summed E-state index contributed by atoms with van der Waals surface area (Å²) in [7, 11) is -1.33. The molecular weight excluding hydrogens is 212 g/mol. The first kappa shape index (κ1) is 12.9. The zero-order valence-corrected chi connectivity index (χ0v) is 11.3. The molecule has 1 aromatic carbocycles. The van der Waals surface area contributed by atoms with Crippen molar-refractivity contribution in [2.45, 2.75) is 25.7 Å². The van der Waals surface area contributed by atoms with Crippen molar-refractivity contribution < 1.29 is 5.11 Å². The summed E-state index contributed by atoms with van der Waals surface area (Å²) in [5.41, 5.74) is 4.04. The molecule has 86 valence electrons. The van der Waals surface area contributed by atoms with Crippen molar-refractivity contribution in [3.8, 4) is 0 Å². The minimum Gasteiger partial charge on any atom is -0.384 e. The fourth-order valence-electron chi connectivity index (χ4n) is 1.58. The minimum absolute atomic E-state index is 0.551. The van der Waals surface area contributed by atoms with E-state index in [1.807, 2.05) is 30.3 Å². The topological polar surface area (TPSA) is 20.2 Å². The van der Waals surface area contributed by atoms with E-state index >= 15 is 0 Å². The molecule has 0 aliphatic carbocycles. The van der Waals surface area contributed by atoms with Gasteiger partial charge in [-0.3, -0.25) is 0 Å². The van der Waals surface area contributed by atoms with Crippen LogP contribution in [0.5, 0.6) is 0 Å². The number of benzene rings is 1. The average molecular weight is 232 g/mol. The minimum atomic E-state index is -1.33. The maximum absolute atomic E-state index is 10.2. The Labute approximate surface area is 99.1 Å². The van der Waals surface area contributed by atoms with E-state index in [0.717, 1.165) is 11.1 Å². The lowest BCUT2D eigenvalue weighted by Crippen LogP contribution is -2.18. The number of aliphatic hydroxyl groups excluding tert-OH is 1. The molecule has 0 aliphatic rings. The quantitative estimate of drug-likeness (QED) is 0.620. The second-order valence-corrected chi connectivity index (χ2v) is 10.0. The van der Waals surface area contributed by atoms with Gasteiger partial charge in [0.1, 0.15) is 6.10 Å². The Hall–Kier alpha value is -1.12. The van der Waals surface area contributed by atoms with Gasteiger partial charge >= 0.3 is 0 Å². The van der Waals surface area contributed by atoms with Crippen LogP contribution in [0.3, 0.4) is 0 Å². The number of hydrogen-bond acceptors (Lipinski definition) is 1. The molecule has 1 aromatic rings. The molecule has 0 bridgehead atoms. The zero-order chi connectivity index (χ0) is 12.2. The normalized spacial score (nSPS) is 14.6. The molecule has 0 saturated carbocycles. The van der Waals surface area contributed by atoms with Crippen LogP contribution in [0, 0.1) is 0 Å². The predicted octanol–water partition coefficient (Wildman–Crippen LogP) is 3.71. The van der Waals surface area contributed by atoms with Crippen molar-refractivity contribution in [2.75, 3.05) is 0 Å². The monoisotopic (exact) mass is 232 g/mol. The van der Waals surface area contributed by atoms with Gasteiger partial charge in [0.05, 0.1) is 8.07 Å². The van der Waals surface area contributed by atoms with Crippen LogP contribution in [-0.2, 0) is 0 Å². The number of aliphatic hydroxyl groups is 1. The van der Waals surface area contributed by atoms with Crippen LogP contribution < -0.4 is 0 Å². The van der Waals surface area contributed by atoms with Gasteiger partial charge in [-0.2, -0.15) is 0 Å². The Kier molecular flexibility index (Phi) is 4.27. The Balaban J connectivity index is 2.99. The molecule has 0 aliphatic heterocycles. The van der Waals surface area contributed by atoms with E-state index in [1.165, 1.54) is 0 Å². The lowest BCUT2D eigenvalue weighted by Gasteiger charge is -2.17. The average Bonchev–Trinajstić information content (AvgIpc) is 2.25. The molecule has 0 aromatic heterocycles. The Morgan fingerprint density at radius 3 is 2.25 bits per heavy atom. The molecular formula is C14H20OSi. The molecule has 0 fully saturated rings. The SMILES string of the molecule is C=C/C(=C\[Si](C)(C)C)C(O)c1ccccc1. The number of hydrogen-bond donors (Lipinski definition) is 1. The van der Waals surface area contributed by atoms with E-state index in [-0.39, 0.29) is 0 Å². The first-order valence-corrected chi connectivity index (χ1v) is 9.10. The summed E-state index contributed by atoms with van der Waals surface area (Å²) < 4.78 is 0. The molecule has 0 heterocycles. The molecule has 2 heteroatoms. The molecule has 1 atom stereocenters. The van der Waals surface area contributed by atoms with Gasteiger partial charge in [0.25, 0.3) is 0 Å². The second kappa shape index (κ2) is 5.28. The van der Waals surface area contributed by atoms with Gasteiger partial charge in [0, 0.05) is 0 Å². The summed E-state index contributed by atoms with van der Waals surface area (Å²) in [5, 5.41) is 10.2. The molecule has 1 N–H and O–H groups in total. The van der Waals surface area contributed by atoms with Crippen molar-refractivity contribution in [3.63, 3.8) is 0 Å². The van der Waals surface area contributed by atoms with Crippen LogP contribution in [0.15, 0.2) is 54.3 Å². The fraction of sp³-hybridized carbons (Fsp3) is 0.286. The van der Waals surface area contributed by atoms with E-state index in [1.54, 1.807) is 6.08 Å². The van der Waals surface area contributed by atoms with E-state index < -0.39 is 14.2 Å². The van der Waals surface area contributed by atoms with Crippen LogP contribution >= 0.6 is 0 Å². The summed E-state index contributed by atoms with van der Waals surface area (Å²) >= 11 is 0. The van der Waals surface area contributed by atoms with Crippen LogP contribution in [0.1, 0.15) is 11.7 Å². The van der Waals surface area contributed by atoms with Gasteiger partial charge in [-0.1, -0.05) is 68.3 Å². The van der Waals surface area contributed by atoms with Gasteiger partial charge in [0.15, 0.2) is 0 Å². The largest absolute Gasteiger partial charge is 0.384 e. The summed E-state index contributed by atoms with van der Waals surface area (Å²) in [4.78, 5) is 0. The Bertz CT molecular complexity index is 373. The van der Waals surface area contributed by atoms with Crippen LogP contribution in [0.25, 0.3) is 0 Å². The highest BCUT2D eigenvalue weighted by Gasteiger charge is 2.15. The maximum atomic E-state index is 10.2. The third-order valence-electron chi connectivity index (χ3n) is 2.27. The summed E-state index contributed by atoms with van der Waals surface area (Å²) in [6.07, 6.45) is 1.21. The lowest BCUT2D eigenvalue weighted by atomic mass is 10.0. The molecule has 16 heavy (non-hydrogen) atoms.